The van der Waals surface area contributed by atoms with Crippen molar-refractivity contribution in [2.24, 2.45) is 23.7 Å². The number of fused-ring (bicyclic) bond motifs is 1. The molecule has 0 aromatic carbocycles. The monoisotopic (exact) mass is 556 g/mol. The normalized spacial score (nSPS) is 29.5. The Balaban J connectivity index is 1.55. The van der Waals surface area contributed by atoms with Crippen molar-refractivity contribution in [2.75, 3.05) is 13.2 Å². The highest BCUT2D eigenvalue weighted by atomic mass is 32.2. The molecule has 3 aliphatic rings. The number of alkyl halides is 2. The van der Waals surface area contributed by atoms with Crippen LogP contribution in [0.15, 0.2) is 0 Å². The number of carbonyl (C=O) groups is 4. The zero-order valence-corrected chi connectivity index (χ0v) is 21.5. The summed E-state index contributed by atoms with van der Waals surface area (Å²) in [5.41, 5.74) is -0.710. The second-order valence-electron chi connectivity index (χ2n) is 9.71. The van der Waals surface area contributed by atoms with Gasteiger partial charge >= 0.3 is 39.2 Å². The standard InChI is InChI=1S/C22H30F2O12S/c1-5-21(4,6-2)36-20(28)16-12-7-11-15(16)19(27)35-18(11)17(12)34-14(26)9-32-8-13(25)33-10(3)22(23,24)37(29,30)31/h10-12,15-18H,5-9H2,1-4H3,(H,29,30,31). The molecule has 2 aliphatic carbocycles. The summed E-state index contributed by atoms with van der Waals surface area (Å²) < 4.78 is 82.4. The molecule has 1 saturated heterocycles. The van der Waals surface area contributed by atoms with Crippen LogP contribution in [-0.2, 0) is 53.0 Å². The second-order valence-corrected chi connectivity index (χ2v) is 11.2. The summed E-state index contributed by atoms with van der Waals surface area (Å²) in [7, 11) is -5.83. The quantitative estimate of drug-likeness (QED) is 0.208. The van der Waals surface area contributed by atoms with Crippen LogP contribution in [0.1, 0.15) is 47.0 Å². The third-order valence-corrected chi connectivity index (χ3v) is 8.51. The highest BCUT2D eigenvalue weighted by molar-refractivity contribution is 7.86. The molecule has 2 saturated carbocycles. The average Bonchev–Trinajstić information content (AvgIpc) is 3.42. The molecule has 0 aromatic heterocycles. The number of halogens is 2. The number of ether oxygens (including phenoxy) is 5. The molecule has 0 spiro atoms. The highest BCUT2D eigenvalue weighted by Gasteiger charge is 2.70. The number of esters is 4. The van der Waals surface area contributed by atoms with E-state index in [0.29, 0.717) is 26.2 Å². The van der Waals surface area contributed by atoms with E-state index in [1.807, 2.05) is 13.8 Å². The minimum Gasteiger partial charge on any atom is -0.459 e. The summed E-state index contributed by atoms with van der Waals surface area (Å²) in [6.45, 7) is 4.28. The molecule has 7 atom stereocenters. The molecule has 1 heterocycles. The van der Waals surface area contributed by atoms with E-state index in [1.165, 1.54) is 0 Å². The number of rotatable bonds is 12. The third-order valence-electron chi connectivity index (χ3n) is 7.49. The van der Waals surface area contributed by atoms with Gasteiger partial charge in [-0.25, -0.2) is 9.59 Å². The molecule has 1 aliphatic heterocycles. The Morgan fingerprint density at radius 2 is 1.73 bits per heavy atom. The fourth-order valence-electron chi connectivity index (χ4n) is 5.09. The lowest BCUT2D eigenvalue weighted by Gasteiger charge is -2.34. The van der Waals surface area contributed by atoms with Crippen LogP contribution in [-0.4, -0.2) is 79.2 Å². The third kappa shape index (κ3) is 5.58. The Kier molecular flexibility index (Phi) is 8.20. The van der Waals surface area contributed by atoms with E-state index in [9.17, 15) is 36.4 Å². The molecular formula is C22H30F2O12S. The van der Waals surface area contributed by atoms with E-state index in [0.717, 1.165) is 0 Å². The molecular weight excluding hydrogens is 526 g/mol. The van der Waals surface area contributed by atoms with Crippen LogP contribution in [0, 0.1) is 23.7 Å². The van der Waals surface area contributed by atoms with Gasteiger partial charge in [-0.2, -0.15) is 17.2 Å². The van der Waals surface area contributed by atoms with Gasteiger partial charge in [0.05, 0.1) is 11.8 Å². The SMILES string of the molecule is CCC(C)(CC)OC(=O)C1C2CC3C(OC(=O)C31)C2OC(=O)COCC(=O)OC(C)C(F)(F)S(=O)(=O)O. The van der Waals surface area contributed by atoms with Crippen LogP contribution < -0.4 is 0 Å². The number of carbonyl (C=O) groups excluding carboxylic acids is 4. The Morgan fingerprint density at radius 1 is 1.14 bits per heavy atom. The van der Waals surface area contributed by atoms with Gasteiger partial charge in [-0.15, -0.1) is 0 Å². The minimum absolute atomic E-state index is 0.316. The molecule has 0 radical (unpaired) electrons. The first-order valence-corrected chi connectivity index (χ1v) is 13.2. The molecule has 0 aromatic rings. The largest absolute Gasteiger partial charge is 0.459 e. The molecule has 37 heavy (non-hydrogen) atoms. The fourth-order valence-corrected chi connectivity index (χ4v) is 5.55. The maximum atomic E-state index is 13.5. The smallest absolute Gasteiger partial charge is 0.405 e. The first-order chi connectivity index (χ1) is 17.1. The van der Waals surface area contributed by atoms with Crippen molar-refractivity contribution >= 4 is 34.0 Å². The van der Waals surface area contributed by atoms with Crippen molar-refractivity contribution < 1.29 is 64.6 Å². The van der Waals surface area contributed by atoms with Gasteiger partial charge in [0.1, 0.15) is 31.0 Å². The number of hydrogen-bond acceptors (Lipinski definition) is 11. The molecule has 3 fully saturated rings. The first-order valence-electron chi connectivity index (χ1n) is 11.8. The first kappa shape index (κ1) is 29.2. The van der Waals surface area contributed by atoms with Crippen molar-refractivity contribution in [3.05, 3.63) is 0 Å². The van der Waals surface area contributed by atoms with Gasteiger partial charge in [0.15, 0.2) is 6.10 Å². The lowest BCUT2D eigenvalue weighted by Crippen LogP contribution is -2.46. The van der Waals surface area contributed by atoms with E-state index >= 15 is 0 Å². The predicted octanol–water partition coefficient (Wildman–Crippen LogP) is 1.26. The van der Waals surface area contributed by atoms with Crippen molar-refractivity contribution in [3.8, 4) is 0 Å². The Bertz CT molecular complexity index is 1040. The summed E-state index contributed by atoms with van der Waals surface area (Å²) in [6.07, 6.45) is -2.63. The van der Waals surface area contributed by atoms with Crippen molar-refractivity contribution in [3.63, 3.8) is 0 Å². The maximum absolute atomic E-state index is 13.5. The molecule has 3 rings (SSSR count). The van der Waals surface area contributed by atoms with Crippen LogP contribution in [0.2, 0.25) is 0 Å². The summed E-state index contributed by atoms with van der Waals surface area (Å²) in [5, 5.41) is -4.75. The van der Waals surface area contributed by atoms with Gasteiger partial charge < -0.3 is 23.7 Å². The summed E-state index contributed by atoms with van der Waals surface area (Å²) >= 11 is 0. The minimum atomic E-state index is -5.83. The average molecular weight is 557 g/mol. The van der Waals surface area contributed by atoms with Gasteiger partial charge in [-0.1, -0.05) is 13.8 Å². The molecule has 2 bridgehead atoms. The molecule has 12 nitrogen and oxygen atoms in total. The van der Waals surface area contributed by atoms with E-state index < -0.39 is 94.1 Å². The van der Waals surface area contributed by atoms with Crippen LogP contribution in [0.25, 0.3) is 0 Å². The van der Waals surface area contributed by atoms with Gasteiger partial charge in [0, 0.05) is 11.8 Å². The molecule has 0 amide bonds. The lowest BCUT2D eigenvalue weighted by atomic mass is 9.78. The summed E-state index contributed by atoms with van der Waals surface area (Å²) in [4.78, 5) is 49.5. The highest BCUT2D eigenvalue weighted by Crippen LogP contribution is 2.59. The van der Waals surface area contributed by atoms with Gasteiger partial charge in [0.2, 0.25) is 0 Å². The Labute approximate surface area is 212 Å². The Morgan fingerprint density at radius 3 is 2.30 bits per heavy atom. The maximum Gasteiger partial charge on any atom is 0.405 e. The van der Waals surface area contributed by atoms with Gasteiger partial charge in [0.25, 0.3) is 0 Å². The molecule has 1 N–H and O–H groups in total. The van der Waals surface area contributed by atoms with E-state index in [-0.39, 0.29) is 5.92 Å². The van der Waals surface area contributed by atoms with E-state index in [2.05, 4.69) is 4.74 Å². The molecule has 7 unspecified atom stereocenters. The van der Waals surface area contributed by atoms with Crippen molar-refractivity contribution in [1.82, 2.24) is 0 Å². The van der Waals surface area contributed by atoms with Crippen LogP contribution in [0.5, 0.6) is 0 Å². The van der Waals surface area contributed by atoms with Gasteiger partial charge in [-0.05, 0) is 33.1 Å². The fraction of sp³-hybridized carbons (Fsp3) is 0.818. The van der Waals surface area contributed by atoms with Crippen LogP contribution >= 0.6 is 0 Å². The van der Waals surface area contributed by atoms with Crippen LogP contribution in [0.4, 0.5) is 8.78 Å². The number of hydrogen-bond donors (Lipinski definition) is 1. The zero-order chi connectivity index (χ0) is 27.9. The van der Waals surface area contributed by atoms with Crippen molar-refractivity contribution in [2.45, 2.75) is 76.1 Å². The molecule has 210 valence electrons. The summed E-state index contributed by atoms with van der Waals surface area (Å²) in [5.74, 6) is -5.86. The zero-order valence-electron chi connectivity index (χ0n) is 20.7. The lowest BCUT2D eigenvalue weighted by molar-refractivity contribution is -0.177. The topological polar surface area (TPSA) is 169 Å². The van der Waals surface area contributed by atoms with E-state index in [1.54, 1.807) is 6.92 Å². The van der Waals surface area contributed by atoms with Gasteiger partial charge in [-0.3, -0.25) is 14.1 Å². The van der Waals surface area contributed by atoms with Crippen LogP contribution in [0.3, 0.4) is 0 Å². The second kappa shape index (κ2) is 10.4. The summed E-state index contributed by atoms with van der Waals surface area (Å²) in [6, 6.07) is 0. The Hall–Kier alpha value is -2.39. The molecule has 15 heteroatoms. The van der Waals surface area contributed by atoms with Crippen molar-refractivity contribution in [1.29, 1.82) is 0 Å². The van der Waals surface area contributed by atoms with E-state index in [4.69, 9.17) is 23.5 Å². The predicted molar refractivity (Wildman–Crippen MR) is 116 cm³/mol.